The number of nitrogens with two attached hydrogens (primary N) is 1. The molecule has 0 radical (unpaired) electrons. The van der Waals surface area contributed by atoms with Crippen molar-refractivity contribution >= 4 is 24.0 Å². The smallest absolute Gasteiger partial charge is 0.243 e. The molecule has 0 aromatic heterocycles. The van der Waals surface area contributed by atoms with E-state index in [2.05, 4.69) is 5.32 Å². The highest BCUT2D eigenvalue weighted by atomic mass is 35.5. The maximum atomic E-state index is 12.5. The second kappa shape index (κ2) is 7.16. The summed E-state index contributed by atoms with van der Waals surface area (Å²) in [4.78, 5) is 11.4. The van der Waals surface area contributed by atoms with Gasteiger partial charge in [-0.1, -0.05) is 0 Å². The number of anilines is 1. The fourth-order valence-electron chi connectivity index (χ4n) is 1.02. The molecule has 3 N–H and O–H groups in total. The molecule has 16 heavy (non-hydrogen) atoms. The molecule has 0 fully saturated rings. The van der Waals surface area contributed by atoms with Crippen LogP contribution < -0.4 is 11.1 Å². The minimum Gasteiger partial charge on any atom is -0.383 e. The molecule has 0 heterocycles. The Kier molecular flexibility index (Phi) is 6.64. The second-order valence-electron chi connectivity index (χ2n) is 3.06. The van der Waals surface area contributed by atoms with Crippen LogP contribution in [0.5, 0.6) is 0 Å². The van der Waals surface area contributed by atoms with E-state index < -0.39 is 6.04 Å². The van der Waals surface area contributed by atoms with Gasteiger partial charge in [0.1, 0.15) is 11.9 Å². The second-order valence-corrected chi connectivity index (χ2v) is 3.06. The Balaban J connectivity index is 0.00000225. The lowest BCUT2D eigenvalue weighted by molar-refractivity contribution is -0.118. The Morgan fingerprint density at radius 1 is 1.50 bits per heavy atom. The number of methoxy groups -OCH3 is 1. The SMILES string of the molecule is COCC(N)C(=O)Nc1ccc(F)cc1.Cl. The molecule has 0 saturated heterocycles. The molecule has 1 rings (SSSR count). The van der Waals surface area contributed by atoms with Gasteiger partial charge in [0.15, 0.2) is 0 Å². The molecular weight excluding hydrogens is 235 g/mol. The number of ether oxygens (including phenoxy) is 1. The number of hydrogen-bond donors (Lipinski definition) is 2. The van der Waals surface area contributed by atoms with Crippen molar-refractivity contribution in [3.63, 3.8) is 0 Å². The average molecular weight is 249 g/mol. The van der Waals surface area contributed by atoms with E-state index in [9.17, 15) is 9.18 Å². The zero-order valence-electron chi connectivity index (χ0n) is 8.77. The highest BCUT2D eigenvalue weighted by molar-refractivity contribution is 5.94. The number of amides is 1. The summed E-state index contributed by atoms with van der Waals surface area (Å²) in [5, 5.41) is 2.54. The highest BCUT2D eigenvalue weighted by Crippen LogP contribution is 2.08. The van der Waals surface area contributed by atoms with Gasteiger partial charge in [-0.25, -0.2) is 4.39 Å². The Hall–Kier alpha value is -1.17. The van der Waals surface area contributed by atoms with Crippen LogP contribution in [-0.2, 0) is 9.53 Å². The van der Waals surface area contributed by atoms with Gasteiger partial charge in [-0.2, -0.15) is 0 Å². The first kappa shape index (κ1) is 14.8. The summed E-state index contributed by atoms with van der Waals surface area (Å²) in [6, 6.07) is 4.73. The standard InChI is InChI=1S/C10H13FN2O2.ClH/c1-15-6-9(12)10(14)13-8-4-2-7(11)3-5-8;/h2-5,9H,6,12H2,1H3,(H,13,14);1H. The molecule has 0 aliphatic heterocycles. The summed E-state index contributed by atoms with van der Waals surface area (Å²) >= 11 is 0. The molecule has 0 saturated carbocycles. The van der Waals surface area contributed by atoms with Crippen molar-refractivity contribution in [3.05, 3.63) is 30.1 Å². The summed E-state index contributed by atoms with van der Waals surface area (Å²) in [5.41, 5.74) is 6.00. The van der Waals surface area contributed by atoms with Crippen LogP contribution in [0.3, 0.4) is 0 Å². The summed E-state index contributed by atoms with van der Waals surface area (Å²) in [7, 11) is 1.46. The Morgan fingerprint density at radius 2 is 2.06 bits per heavy atom. The first-order valence-corrected chi connectivity index (χ1v) is 4.44. The molecule has 0 bridgehead atoms. The van der Waals surface area contributed by atoms with Crippen molar-refractivity contribution in [1.82, 2.24) is 0 Å². The Morgan fingerprint density at radius 3 is 2.56 bits per heavy atom. The van der Waals surface area contributed by atoms with E-state index in [1.54, 1.807) is 0 Å². The number of carbonyl (C=O) groups is 1. The average Bonchev–Trinajstić information content (AvgIpc) is 2.22. The minimum absolute atomic E-state index is 0. The zero-order valence-corrected chi connectivity index (χ0v) is 9.59. The number of halogens is 2. The molecule has 1 amide bonds. The Bertz CT molecular complexity index is 332. The van der Waals surface area contributed by atoms with Crippen molar-refractivity contribution < 1.29 is 13.9 Å². The topological polar surface area (TPSA) is 64.3 Å². The minimum atomic E-state index is -0.722. The van der Waals surface area contributed by atoms with Crippen molar-refractivity contribution in [1.29, 1.82) is 0 Å². The van der Waals surface area contributed by atoms with Crippen LogP contribution >= 0.6 is 12.4 Å². The van der Waals surface area contributed by atoms with Gasteiger partial charge in [0.05, 0.1) is 6.61 Å². The molecule has 1 atom stereocenters. The molecule has 0 aliphatic carbocycles. The summed E-state index contributed by atoms with van der Waals surface area (Å²) < 4.78 is 17.3. The van der Waals surface area contributed by atoms with Gasteiger partial charge < -0.3 is 15.8 Å². The zero-order chi connectivity index (χ0) is 11.3. The van der Waals surface area contributed by atoms with E-state index in [0.29, 0.717) is 5.69 Å². The normalized spacial score (nSPS) is 11.4. The molecule has 0 aliphatic rings. The molecule has 4 nitrogen and oxygen atoms in total. The van der Waals surface area contributed by atoms with Gasteiger partial charge in [0, 0.05) is 12.8 Å². The lowest BCUT2D eigenvalue weighted by Crippen LogP contribution is -2.39. The maximum absolute atomic E-state index is 12.5. The summed E-state index contributed by atoms with van der Waals surface area (Å²) in [6.07, 6.45) is 0. The van der Waals surface area contributed by atoms with Crippen molar-refractivity contribution in [2.45, 2.75) is 6.04 Å². The van der Waals surface area contributed by atoms with Gasteiger partial charge in [-0.15, -0.1) is 12.4 Å². The van der Waals surface area contributed by atoms with E-state index in [-0.39, 0.29) is 30.7 Å². The third kappa shape index (κ3) is 4.57. The van der Waals surface area contributed by atoms with Crippen molar-refractivity contribution in [2.75, 3.05) is 19.0 Å². The van der Waals surface area contributed by atoms with Crippen LogP contribution in [0.2, 0.25) is 0 Å². The maximum Gasteiger partial charge on any atom is 0.243 e. The van der Waals surface area contributed by atoms with Crippen LogP contribution in [0.25, 0.3) is 0 Å². The Labute approximate surface area is 99.4 Å². The van der Waals surface area contributed by atoms with E-state index >= 15 is 0 Å². The lowest BCUT2D eigenvalue weighted by atomic mass is 10.2. The molecule has 90 valence electrons. The largest absolute Gasteiger partial charge is 0.383 e. The fourth-order valence-corrected chi connectivity index (χ4v) is 1.02. The van der Waals surface area contributed by atoms with Crippen LogP contribution in [0, 0.1) is 5.82 Å². The quantitative estimate of drug-likeness (QED) is 0.841. The van der Waals surface area contributed by atoms with E-state index in [0.717, 1.165) is 0 Å². The fraction of sp³-hybridized carbons (Fsp3) is 0.300. The van der Waals surface area contributed by atoms with E-state index in [1.807, 2.05) is 0 Å². The third-order valence-electron chi connectivity index (χ3n) is 1.79. The van der Waals surface area contributed by atoms with Gasteiger partial charge in [-0.05, 0) is 24.3 Å². The number of benzene rings is 1. The molecule has 6 heteroatoms. The molecule has 0 spiro atoms. The monoisotopic (exact) mass is 248 g/mol. The van der Waals surface area contributed by atoms with E-state index in [4.69, 9.17) is 10.5 Å². The van der Waals surface area contributed by atoms with Gasteiger partial charge in [0.25, 0.3) is 0 Å². The third-order valence-corrected chi connectivity index (χ3v) is 1.79. The van der Waals surface area contributed by atoms with Gasteiger partial charge in [-0.3, -0.25) is 4.79 Å². The van der Waals surface area contributed by atoms with Gasteiger partial charge >= 0.3 is 0 Å². The number of rotatable bonds is 4. The first-order chi connectivity index (χ1) is 7.13. The van der Waals surface area contributed by atoms with Crippen LogP contribution in [0.4, 0.5) is 10.1 Å². The summed E-state index contributed by atoms with van der Waals surface area (Å²) in [5.74, 6) is -0.711. The van der Waals surface area contributed by atoms with Crippen LogP contribution in [0.1, 0.15) is 0 Å². The first-order valence-electron chi connectivity index (χ1n) is 4.44. The molecular formula is C10H14ClFN2O2. The highest BCUT2D eigenvalue weighted by Gasteiger charge is 2.12. The predicted octanol–water partition coefficient (Wildman–Crippen LogP) is 1.16. The number of hydrogen-bond acceptors (Lipinski definition) is 3. The summed E-state index contributed by atoms with van der Waals surface area (Å²) in [6.45, 7) is 0.146. The van der Waals surface area contributed by atoms with Gasteiger partial charge in [0.2, 0.25) is 5.91 Å². The lowest BCUT2D eigenvalue weighted by Gasteiger charge is -2.10. The van der Waals surface area contributed by atoms with Crippen LogP contribution in [0.15, 0.2) is 24.3 Å². The number of nitrogens with one attached hydrogen (secondary N) is 1. The van der Waals surface area contributed by atoms with Crippen molar-refractivity contribution in [2.24, 2.45) is 5.73 Å². The molecule has 1 unspecified atom stereocenters. The van der Waals surface area contributed by atoms with Crippen LogP contribution in [-0.4, -0.2) is 25.7 Å². The molecule has 1 aromatic carbocycles. The van der Waals surface area contributed by atoms with E-state index in [1.165, 1.54) is 31.4 Å². The van der Waals surface area contributed by atoms with Crippen molar-refractivity contribution in [3.8, 4) is 0 Å². The predicted molar refractivity (Wildman–Crippen MR) is 62.1 cm³/mol. The molecule has 1 aromatic rings. The number of carbonyl (C=O) groups excluding carboxylic acids is 1.